The SMILES string of the molecule is CCCc1noc(CN(C)Cc2ccccc2C(F)(F)F)n1. The molecule has 0 N–H and O–H groups in total. The van der Waals surface area contributed by atoms with E-state index in [1.54, 1.807) is 18.0 Å². The lowest BCUT2D eigenvalue weighted by atomic mass is 10.1. The second-order valence-electron chi connectivity index (χ2n) is 5.18. The van der Waals surface area contributed by atoms with E-state index in [2.05, 4.69) is 10.1 Å². The van der Waals surface area contributed by atoms with Gasteiger partial charge in [0.05, 0.1) is 12.1 Å². The molecule has 0 aliphatic carbocycles. The van der Waals surface area contributed by atoms with Gasteiger partial charge in [-0.15, -0.1) is 0 Å². The molecule has 2 aromatic rings. The molecule has 0 bridgehead atoms. The van der Waals surface area contributed by atoms with Gasteiger partial charge in [0.25, 0.3) is 0 Å². The maximum Gasteiger partial charge on any atom is 0.416 e. The molecule has 0 unspecified atom stereocenters. The second kappa shape index (κ2) is 6.91. The largest absolute Gasteiger partial charge is 0.416 e. The van der Waals surface area contributed by atoms with E-state index < -0.39 is 11.7 Å². The number of aromatic nitrogens is 2. The smallest absolute Gasteiger partial charge is 0.338 e. The first-order valence-electron chi connectivity index (χ1n) is 7.05. The number of hydrogen-bond donors (Lipinski definition) is 0. The Bertz CT molecular complexity index is 610. The Kier molecular flexibility index (Phi) is 5.18. The third kappa shape index (κ3) is 4.30. The number of halogens is 3. The summed E-state index contributed by atoms with van der Waals surface area (Å²) in [7, 11) is 1.72. The fourth-order valence-corrected chi connectivity index (χ4v) is 2.19. The second-order valence-corrected chi connectivity index (χ2v) is 5.18. The zero-order valence-corrected chi connectivity index (χ0v) is 12.5. The van der Waals surface area contributed by atoms with Gasteiger partial charge in [-0.05, 0) is 25.1 Å². The number of benzene rings is 1. The van der Waals surface area contributed by atoms with Crippen LogP contribution in [0.1, 0.15) is 36.2 Å². The molecule has 0 fully saturated rings. The molecule has 0 aliphatic heterocycles. The molecule has 1 aromatic heterocycles. The summed E-state index contributed by atoms with van der Waals surface area (Å²) in [6.07, 6.45) is -2.71. The lowest BCUT2D eigenvalue weighted by Gasteiger charge is -2.18. The molecule has 0 saturated heterocycles. The molecule has 0 spiro atoms. The van der Waals surface area contributed by atoms with Gasteiger partial charge in [0, 0.05) is 13.0 Å². The first-order valence-corrected chi connectivity index (χ1v) is 7.05. The Morgan fingerprint density at radius 2 is 1.91 bits per heavy atom. The molecule has 1 heterocycles. The summed E-state index contributed by atoms with van der Waals surface area (Å²) in [5, 5.41) is 3.83. The van der Waals surface area contributed by atoms with Crippen LogP contribution in [0.25, 0.3) is 0 Å². The van der Waals surface area contributed by atoms with Crippen LogP contribution in [0.4, 0.5) is 13.2 Å². The van der Waals surface area contributed by atoms with Crippen molar-refractivity contribution < 1.29 is 17.7 Å². The first-order chi connectivity index (χ1) is 10.4. The minimum atomic E-state index is -4.35. The van der Waals surface area contributed by atoms with Gasteiger partial charge in [-0.1, -0.05) is 30.3 Å². The summed E-state index contributed by atoms with van der Waals surface area (Å²) < 4.78 is 44.0. The van der Waals surface area contributed by atoms with Crippen LogP contribution in [0.15, 0.2) is 28.8 Å². The van der Waals surface area contributed by atoms with E-state index in [0.29, 0.717) is 18.3 Å². The van der Waals surface area contributed by atoms with E-state index in [4.69, 9.17) is 4.52 Å². The van der Waals surface area contributed by atoms with Crippen molar-refractivity contribution in [3.63, 3.8) is 0 Å². The van der Waals surface area contributed by atoms with Crippen LogP contribution in [-0.2, 0) is 25.7 Å². The molecule has 0 atom stereocenters. The standard InChI is InChI=1S/C15H18F3N3O/c1-3-6-13-19-14(22-20-13)10-21(2)9-11-7-4-5-8-12(11)15(16,17)18/h4-5,7-8H,3,6,9-10H2,1-2H3. The van der Waals surface area contributed by atoms with E-state index in [-0.39, 0.29) is 12.1 Å². The van der Waals surface area contributed by atoms with Gasteiger partial charge < -0.3 is 4.52 Å². The highest BCUT2D eigenvalue weighted by atomic mass is 19.4. The molecular weight excluding hydrogens is 295 g/mol. The monoisotopic (exact) mass is 313 g/mol. The van der Waals surface area contributed by atoms with Crippen molar-refractivity contribution in [3.8, 4) is 0 Å². The van der Waals surface area contributed by atoms with Gasteiger partial charge in [0.2, 0.25) is 5.89 Å². The minimum absolute atomic E-state index is 0.154. The molecule has 0 aliphatic rings. The Morgan fingerprint density at radius 3 is 2.59 bits per heavy atom. The van der Waals surface area contributed by atoms with Crippen molar-refractivity contribution in [3.05, 3.63) is 47.1 Å². The van der Waals surface area contributed by atoms with Crippen molar-refractivity contribution in [1.29, 1.82) is 0 Å². The third-order valence-electron chi connectivity index (χ3n) is 3.15. The van der Waals surface area contributed by atoms with Gasteiger partial charge in [-0.3, -0.25) is 4.90 Å². The average Bonchev–Trinajstić information content (AvgIpc) is 2.85. The van der Waals surface area contributed by atoms with Crippen molar-refractivity contribution >= 4 is 0 Å². The Labute approximate surface area is 126 Å². The molecule has 0 amide bonds. The molecule has 2 rings (SSSR count). The van der Waals surface area contributed by atoms with Crippen LogP contribution in [0, 0.1) is 0 Å². The summed E-state index contributed by atoms with van der Waals surface area (Å²) in [4.78, 5) is 5.93. The molecule has 0 radical (unpaired) electrons. The summed E-state index contributed by atoms with van der Waals surface area (Å²) in [5.41, 5.74) is -0.384. The van der Waals surface area contributed by atoms with Gasteiger partial charge in [0.15, 0.2) is 5.82 Å². The summed E-state index contributed by atoms with van der Waals surface area (Å²) in [6, 6.07) is 5.57. The fourth-order valence-electron chi connectivity index (χ4n) is 2.19. The lowest BCUT2D eigenvalue weighted by molar-refractivity contribution is -0.138. The number of nitrogens with zero attached hydrogens (tertiary/aromatic N) is 3. The normalized spacial score (nSPS) is 12.1. The number of aryl methyl sites for hydroxylation is 1. The van der Waals surface area contributed by atoms with Crippen molar-refractivity contribution in [2.75, 3.05) is 7.05 Å². The van der Waals surface area contributed by atoms with Crippen molar-refractivity contribution in [2.24, 2.45) is 0 Å². The average molecular weight is 313 g/mol. The molecule has 120 valence electrons. The van der Waals surface area contributed by atoms with Gasteiger partial charge in [-0.2, -0.15) is 18.2 Å². The Morgan fingerprint density at radius 1 is 1.18 bits per heavy atom. The van der Waals surface area contributed by atoms with E-state index in [0.717, 1.165) is 18.9 Å². The molecule has 7 heteroatoms. The van der Waals surface area contributed by atoms with Crippen LogP contribution in [0.5, 0.6) is 0 Å². The number of hydrogen-bond acceptors (Lipinski definition) is 4. The maximum atomic E-state index is 13.0. The van der Waals surface area contributed by atoms with Crippen molar-refractivity contribution in [1.82, 2.24) is 15.0 Å². The topological polar surface area (TPSA) is 42.2 Å². The third-order valence-corrected chi connectivity index (χ3v) is 3.15. The Balaban J connectivity index is 2.04. The quantitative estimate of drug-likeness (QED) is 0.816. The zero-order valence-electron chi connectivity index (χ0n) is 12.5. The molecular formula is C15H18F3N3O. The molecule has 0 saturated carbocycles. The summed E-state index contributed by atoms with van der Waals surface area (Å²) in [5.74, 6) is 1.04. The fraction of sp³-hybridized carbons (Fsp3) is 0.467. The molecule has 4 nitrogen and oxygen atoms in total. The van der Waals surface area contributed by atoms with Gasteiger partial charge in [-0.25, -0.2) is 0 Å². The van der Waals surface area contributed by atoms with E-state index in [1.165, 1.54) is 12.1 Å². The van der Waals surface area contributed by atoms with E-state index in [1.807, 2.05) is 6.92 Å². The highest BCUT2D eigenvalue weighted by Gasteiger charge is 2.33. The van der Waals surface area contributed by atoms with Crippen LogP contribution < -0.4 is 0 Å². The van der Waals surface area contributed by atoms with Crippen molar-refractivity contribution in [2.45, 2.75) is 39.0 Å². The lowest BCUT2D eigenvalue weighted by Crippen LogP contribution is -2.20. The van der Waals surface area contributed by atoms with Crippen LogP contribution in [-0.4, -0.2) is 22.1 Å². The molecule has 22 heavy (non-hydrogen) atoms. The predicted octanol–water partition coefficient (Wildman–Crippen LogP) is 3.67. The highest BCUT2D eigenvalue weighted by Crippen LogP contribution is 2.32. The summed E-state index contributed by atoms with van der Waals surface area (Å²) >= 11 is 0. The van der Waals surface area contributed by atoms with E-state index >= 15 is 0 Å². The maximum absolute atomic E-state index is 13.0. The van der Waals surface area contributed by atoms with Crippen LogP contribution >= 0.6 is 0 Å². The predicted molar refractivity (Wildman–Crippen MR) is 74.9 cm³/mol. The van der Waals surface area contributed by atoms with Gasteiger partial charge >= 0.3 is 6.18 Å². The number of rotatable bonds is 6. The van der Waals surface area contributed by atoms with Crippen LogP contribution in [0.3, 0.4) is 0 Å². The zero-order chi connectivity index (χ0) is 16.2. The first kappa shape index (κ1) is 16.5. The van der Waals surface area contributed by atoms with E-state index in [9.17, 15) is 13.2 Å². The Hall–Kier alpha value is -1.89. The highest BCUT2D eigenvalue weighted by molar-refractivity contribution is 5.29. The van der Waals surface area contributed by atoms with Gasteiger partial charge in [0.1, 0.15) is 0 Å². The minimum Gasteiger partial charge on any atom is -0.338 e. The molecule has 1 aromatic carbocycles. The van der Waals surface area contributed by atoms with Crippen LogP contribution in [0.2, 0.25) is 0 Å². The number of alkyl halides is 3. The summed E-state index contributed by atoms with van der Waals surface area (Å²) in [6.45, 7) is 2.47.